The van der Waals surface area contributed by atoms with Crippen LogP contribution in [-0.4, -0.2) is 37.0 Å². The molecular weight excluding hydrogens is 266 g/mol. The zero-order valence-electron chi connectivity index (χ0n) is 12.4. The van der Waals surface area contributed by atoms with Crippen molar-refractivity contribution < 1.29 is 14.3 Å². The molecule has 0 spiro atoms. The van der Waals surface area contributed by atoms with E-state index in [0.29, 0.717) is 5.56 Å². The van der Waals surface area contributed by atoms with Gasteiger partial charge in [0.15, 0.2) is 0 Å². The van der Waals surface area contributed by atoms with Crippen LogP contribution in [0.2, 0.25) is 0 Å². The molecular formula is C17H21NO3. The molecule has 0 N–H and O–H groups in total. The molecule has 1 amide bonds. The third-order valence-electron chi connectivity index (χ3n) is 3.67. The number of nitrogens with zero attached hydrogens (tertiary/aromatic N) is 1. The highest BCUT2D eigenvalue weighted by Gasteiger charge is 2.12. The maximum atomic E-state index is 12.1. The number of ether oxygens (including phenoxy) is 1. The van der Waals surface area contributed by atoms with Gasteiger partial charge in [-0.2, -0.15) is 0 Å². The lowest BCUT2D eigenvalue weighted by atomic mass is 10.1. The molecule has 0 aliphatic carbocycles. The largest absolute Gasteiger partial charge is 0.465 e. The Morgan fingerprint density at radius 2 is 1.67 bits per heavy atom. The molecule has 2 rings (SSSR count). The number of benzene rings is 1. The monoisotopic (exact) mass is 287 g/mol. The van der Waals surface area contributed by atoms with Crippen LogP contribution in [0.3, 0.4) is 0 Å². The van der Waals surface area contributed by atoms with E-state index in [1.807, 2.05) is 4.90 Å². The molecule has 0 saturated carbocycles. The summed E-state index contributed by atoms with van der Waals surface area (Å²) < 4.78 is 4.65. The van der Waals surface area contributed by atoms with Gasteiger partial charge in [-0.25, -0.2) is 4.79 Å². The highest BCUT2D eigenvalue weighted by molar-refractivity contribution is 5.92. The quantitative estimate of drug-likeness (QED) is 0.634. The zero-order valence-corrected chi connectivity index (χ0v) is 12.4. The van der Waals surface area contributed by atoms with Crippen molar-refractivity contribution in [3.8, 4) is 0 Å². The van der Waals surface area contributed by atoms with Gasteiger partial charge in [-0.05, 0) is 36.6 Å². The fraction of sp³-hybridized carbons (Fsp3) is 0.412. The predicted molar refractivity (Wildman–Crippen MR) is 81.9 cm³/mol. The van der Waals surface area contributed by atoms with E-state index in [-0.39, 0.29) is 11.9 Å². The van der Waals surface area contributed by atoms with Gasteiger partial charge in [0.2, 0.25) is 5.91 Å². The number of methoxy groups -OCH3 is 1. The Bertz CT molecular complexity index is 511. The van der Waals surface area contributed by atoms with Crippen LogP contribution in [0.15, 0.2) is 30.3 Å². The maximum Gasteiger partial charge on any atom is 0.337 e. The number of esters is 1. The Morgan fingerprint density at radius 3 is 2.24 bits per heavy atom. The summed E-state index contributed by atoms with van der Waals surface area (Å²) in [7, 11) is 1.36. The van der Waals surface area contributed by atoms with Gasteiger partial charge in [0.25, 0.3) is 0 Å². The van der Waals surface area contributed by atoms with Crippen molar-refractivity contribution in [1.29, 1.82) is 0 Å². The van der Waals surface area contributed by atoms with Crippen LogP contribution >= 0.6 is 0 Å². The number of hydrogen-bond acceptors (Lipinski definition) is 3. The van der Waals surface area contributed by atoms with Crippen LogP contribution < -0.4 is 0 Å². The number of carbonyl (C=O) groups is 2. The molecule has 0 radical (unpaired) electrons. The summed E-state index contributed by atoms with van der Waals surface area (Å²) >= 11 is 0. The summed E-state index contributed by atoms with van der Waals surface area (Å²) in [5.41, 5.74) is 1.40. The lowest BCUT2D eigenvalue weighted by Crippen LogP contribution is -2.30. The van der Waals surface area contributed by atoms with Crippen LogP contribution in [0.1, 0.15) is 41.6 Å². The molecule has 0 atom stereocenters. The fourth-order valence-electron chi connectivity index (χ4n) is 2.41. The first-order valence-electron chi connectivity index (χ1n) is 7.36. The van der Waals surface area contributed by atoms with Crippen LogP contribution in [0.4, 0.5) is 0 Å². The molecule has 4 heteroatoms. The van der Waals surface area contributed by atoms with Gasteiger partial charge in [0.1, 0.15) is 0 Å². The Kier molecular flexibility index (Phi) is 5.55. The Labute approximate surface area is 125 Å². The average Bonchev–Trinajstić information content (AvgIpc) is 2.81. The van der Waals surface area contributed by atoms with Crippen LogP contribution in [-0.2, 0) is 9.53 Å². The number of rotatable bonds is 3. The molecule has 112 valence electrons. The second-order valence-electron chi connectivity index (χ2n) is 5.19. The molecule has 0 bridgehead atoms. The summed E-state index contributed by atoms with van der Waals surface area (Å²) in [6, 6.07) is 7.00. The summed E-state index contributed by atoms with van der Waals surface area (Å²) in [5.74, 6) is -0.292. The molecule has 1 aromatic carbocycles. The van der Waals surface area contributed by atoms with Crippen molar-refractivity contribution in [1.82, 2.24) is 4.90 Å². The van der Waals surface area contributed by atoms with Gasteiger partial charge in [-0.3, -0.25) is 4.79 Å². The Hall–Kier alpha value is -2.10. The van der Waals surface area contributed by atoms with Crippen LogP contribution in [0.25, 0.3) is 6.08 Å². The third kappa shape index (κ3) is 4.45. The van der Waals surface area contributed by atoms with E-state index in [0.717, 1.165) is 31.5 Å². The number of amides is 1. The molecule has 1 aromatic rings. The second-order valence-corrected chi connectivity index (χ2v) is 5.19. The van der Waals surface area contributed by atoms with Crippen molar-refractivity contribution in [2.24, 2.45) is 0 Å². The van der Waals surface area contributed by atoms with E-state index < -0.39 is 0 Å². The molecule has 1 aliphatic rings. The molecule has 1 saturated heterocycles. The number of carbonyl (C=O) groups excluding carboxylic acids is 2. The SMILES string of the molecule is COC(=O)c1ccc(C=CC(=O)N2CCCCCC2)cc1. The minimum Gasteiger partial charge on any atom is -0.465 e. The average molecular weight is 287 g/mol. The van der Waals surface area contributed by atoms with E-state index in [9.17, 15) is 9.59 Å². The van der Waals surface area contributed by atoms with Crippen molar-refractivity contribution in [3.05, 3.63) is 41.5 Å². The van der Waals surface area contributed by atoms with Crippen LogP contribution in [0.5, 0.6) is 0 Å². The molecule has 1 heterocycles. The minimum absolute atomic E-state index is 0.0638. The number of likely N-dealkylation sites (tertiary alicyclic amines) is 1. The Morgan fingerprint density at radius 1 is 1.05 bits per heavy atom. The summed E-state index contributed by atoms with van der Waals surface area (Å²) in [6.07, 6.45) is 8.00. The first-order valence-corrected chi connectivity index (χ1v) is 7.36. The highest BCUT2D eigenvalue weighted by atomic mass is 16.5. The van der Waals surface area contributed by atoms with Crippen molar-refractivity contribution in [2.75, 3.05) is 20.2 Å². The summed E-state index contributed by atoms with van der Waals surface area (Å²) in [5, 5.41) is 0. The smallest absolute Gasteiger partial charge is 0.337 e. The van der Waals surface area contributed by atoms with Gasteiger partial charge in [-0.15, -0.1) is 0 Å². The lowest BCUT2D eigenvalue weighted by molar-refractivity contribution is -0.125. The molecule has 21 heavy (non-hydrogen) atoms. The van der Waals surface area contributed by atoms with Gasteiger partial charge in [-0.1, -0.05) is 25.0 Å². The summed E-state index contributed by atoms with van der Waals surface area (Å²) in [4.78, 5) is 25.3. The summed E-state index contributed by atoms with van der Waals surface area (Å²) in [6.45, 7) is 1.70. The fourth-order valence-corrected chi connectivity index (χ4v) is 2.41. The van der Waals surface area contributed by atoms with Gasteiger partial charge >= 0.3 is 5.97 Å². The normalized spacial score (nSPS) is 15.8. The van der Waals surface area contributed by atoms with Gasteiger partial charge in [0.05, 0.1) is 12.7 Å². The molecule has 1 fully saturated rings. The standard InChI is InChI=1S/C17H21NO3/c1-21-17(20)15-9-6-14(7-10-15)8-11-16(19)18-12-4-2-3-5-13-18/h6-11H,2-5,12-13H2,1H3. The first kappa shape index (κ1) is 15.3. The molecule has 1 aliphatic heterocycles. The van der Waals surface area contributed by atoms with Crippen molar-refractivity contribution >= 4 is 18.0 Å². The van der Waals surface area contributed by atoms with E-state index in [2.05, 4.69) is 4.74 Å². The van der Waals surface area contributed by atoms with Gasteiger partial charge < -0.3 is 9.64 Å². The van der Waals surface area contributed by atoms with Crippen molar-refractivity contribution in [2.45, 2.75) is 25.7 Å². The van der Waals surface area contributed by atoms with E-state index in [4.69, 9.17) is 0 Å². The maximum absolute atomic E-state index is 12.1. The molecule has 0 aromatic heterocycles. The van der Waals surface area contributed by atoms with E-state index >= 15 is 0 Å². The van der Waals surface area contributed by atoms with E-state index in [1.165, 1.54) is 20.0 Å². The molecule has 4 nitrogen and oxygen atoms in total. The first-order chi connectivity index (χ1) is 10.2. The predicted octanol–water partition coefficient (Wildman–Crippen LogP) is 2.89. The minimum atomic E-state index is -0.355. The lowest BCUT2D eigenvalue weighted by Gasteiger charge is -2.17. The third-order valence-corrected chi connectivity index (χ3v) is 3.67. The van der Waals surface area contributed by atoms with Gasteiger partial charge in [0, 0.05) is 19.2 Å². The second kappa shape index (κ2) is 7.62. The topological polar surface area (TPSA) is 46.6 Å². The zero-order chi connectivity index (χ0) is 15.1. The highest BCUT2D eigenvalue weighted by Crippen LogP contribution is 2.11. The van der Waals surface area contributed by atoms with Crippen LogP contribution in [0, 0.1) is 0 Å². The molecule has 0 unspecified atom stereocenters. The van der Waals surface area contributed by atoms with Crippen molar-refractivity contribution in [3.63, 3.8) is 0 Å². The Balaban J connectivity index is 1.96. The van der Waals surface area contributed by atoms with E-state index in [1.54, 1.807) is 36.4 Å². The number of hydrogen-bond donors (Lipinski definition) is 0.